The van der Waals surface area contributed by atoms with E-state index in [0.29, 0.717) is 0 Å². The fourth-order valence-electron chi connectivity index (χ4n) is 1.04. The number of H-pyrrole nitrogens is 1. The third-order valence-electron chi connectivity index (χ3n) is 1.65. The molecule has 0 bridgehead atoms. The molecule has 1 aromatic rings. The third-order valence-corrected chi connectivity index (χ3v) is 1.94. The van der Waals surface area contributed by atoms with E-state index in [-0.39, 0.29) is 23.4 Å². The molecule has 0 aliphatic rings. The molecule has 6 heteroatoms. The van der Waals surface area contributed by atoms with E-state index in [1.54, 1.807) is 0 Å². The molecule has 0 radical (unpaired) electrons. The van der Waals surface area contributed by atoms with Crippen LogP contribution in [0.25, 0.3) is 0 Å². The predicted molar refractivity (Wildman–Crippen MR) is 47.0 cm³/mol. The second kappa shape index (κ2) is 4.32. The summed E-state index contributed by atoms with van der Waals surface area (Å²) in [6.45, 7) is 0. The number of hydrogen-bond acceptors (Lipinski definition) is 2. The number of pyridine rings is 1. The van der Waals surface area contributed by atoms with Crippen molar-refractivity contribution in [1.29, 1.82) is 0 Å². The van der Waals surface area contributed by atoms with Gasteiger partial charge in [-0.15, -0.1) is 11.6 Å². The average molecular weight is 222 g/mol. The normalized spacial score (nSPS) is 10.6. The van der Waals surface area contributed by atoms with Crippen molar-refractivity contribution >= 4 is 17.9 Å². The summed E-state index contributed by atoms with van der Waals surface area (Å²) in [7, 11) is 0. The van der Waals surface area contributed by atoms with Gasteiger partial charge in [-0.1, -0.05) is 0 Å². The van der Waals surface area contributed by atoms with Crippen LogP contribution in [-0.2, 0) is 5.88 Å². The summed E-state index contributed by atoms with van der Waals surface area (Å²) in [6, 6.07) is 1.14. The highest BCUT2D eigenvalue weighted by Crippen LogP contribution is 2.18. The van der Waals surface area contributed by atoms with Crippen LogP contribution in [0, 0.1) is 0 Å². The standard InChI is InChI=1S/C8H6ClF2NO2/c9-2-5-1-4(3-13)6(7(10)11)8(14)12-5/h1,3,7H,2H2,(H,12,14). The second-order valence-corrected chi connectivity index (χ2v) is 2.81. The number of aromatic nitrogens is 1. The van der Waals surface area contributed by atoms with Crippen molar-refractivity contribution in [2.75, 3.05) is 0 Å². The van der Waals surface area contributed by atoms with E-state index in [2.05, 4.69) is 4.98 Å². The largest absolute Gasteiger partial charge is 0.325 e. The van der Waals surface area contributed by atoms with Gasteiger partial charge in [0.15, 0.2) is 6.29 Å². The highest BCUT2D eigenvalue weighted by atomic mass is 35.5. The van der Waals surface area contributed by atoms with Gasteiger partial charge in [-0.05, 0) is 6.07 Å². The third kappa shape index (κ3) is 1.98. The van der Waals surface area contributed by atoms with Crippen molar-refractivity contribution in [2.24, 2.45) is 0 Å². The molecule has 0 aliphatic heterocycles. The van der Waals surface area contributed by atoms with Crippen molar-refractivity contribution in [2.45, 2.75) is 12.3 Å². The lowest BCUT2D eigenvalue weighted by atomic mass is 10.1. The summed E-state index contributed by atoms with van der Waals surface area (Å²) >= 11 is 5.39. The molecule has 0 saturated heterocycles. The highest BCUT2D eigenvalue weighted by molar-refractivity contribution is 6.16. The first-order chi connectivity index (χ1) is 6.60. The summed E-state index contributed by atoms with van der Waals surface area (Å²) in [5.41, 5.74) is -1.86. The average Bonchev–Trinajstić information content (AvgIpc) is 2.15. The van der Waals surface area contributed by atoms with Crippen LogP contribution in [0.15, 0.2) is 10.9 Å². The number of alkyl halides is 3. The van der Waals surface area contributed by atoms with Crippen molar-refractivity contribution < 1.29 is 13.6 Å². The molecule has 0 unspecified atom stereocenters. The van der Waals surface area contributed by atoms with Gasteiger partial charge in [0.2, 0.25) is 0 Å². The van der Waals surface area contributed by atoms with Crippen LogP contribution >= 0.6 is 11.6 Å². The molecule has 3 nitrogen and oxygen atoms in total. The molecule has 1 N–H and O–H groups in total. The Kier molecular flexibility index (Phi) is 3.35. The summed E-state index contributed by atoms with van der Waals surface area (Å²) in [5.74, 6) is -0.0421. The number of hydrogen-bond donors (Lipinski definition) is 1. The maximum Gasteiger partial charge on any atom is 0.269 e. The minimum Gasteiger partial charge on any atom is -0.325 e. The predicted octanol–water partition coefficient (Wildman–Crippen LogP) is 1.86. The van der Waals surface area contributed by atoms with Crippen molar-refractivity contribution in [3.63, 3.8) is 0 Å². The molecular weight excluding hydrogens is 216 g/mol. The van der Waals surface area contributed by atoms with Crippen LogP contribution in [-0.4, -0.2) is 11.3 Å². The quantitative estimate of drug-likeness (QED) is 0.626. The molecular formula is C8H6ClF2NO2. The zero-order chi connectivity index (χ0) is 10.7. The summed E-state index contributed by atoms with van der Waals surface area (Å²) in [4.78, 5) is 23.6. The van der Waals surface area contributed by atoms with Gasteiger partial charge >= 0.3 is 0 Å². The Bertz CT molecular complexity index is 403. The monoisotopic (exact) mass is 221 g/mol. The number of aldehydes is 1. The van der Waals surface area contributed by atoms with Crippen molar-refractivity contribution in [1.82, 2.24) is 4.98 Å². The Morgan fingerprint density at radius 1 is 1.57 bits per heavy atom. The van der Waals surface area contributed by atoms with Crippen molar-refractivity contribution in [3.05, 3.63) is 33.2 Å². The van der Waals surface area contributed by atoms with E-state index in [9.17, 15) is 18.4 Å². The maximum atomic E-state index is 12.3. The van der Waals surface area contributed by atoms with Gasteiger partial charge in [0.05, 0.1) is 11.4 Å². The number of halogens is 3. The van der Waals surface area contributed by atoms with Crippen LogP contribution in [0.4, 0.5) is 8.78 Å². The SMILES string of the molecule is O=Cc1cc(CCl)[nH]c(=O)c1C(F)F. The van der Waals surface area contributed by atoms with E-state index >= 15 is 0 Å². The number of carbonyl (C=O) groups excluding carboxylic acids is 1. The molecule has 0 amide bonds. The summed E-state index contributed by atoms with van der Waals surface area (Å²) in [5, 5.41) is 0. The molecule has 1 aromatic heterocycles. The van der Waals surface area contributed by atoms with Gasteiger partial charge in [-0.3, -0.25) is 9.59 Å². The minimum absolute atomic E-state index is 0.0421. The highest BCUT2D eigenvalue weighted by Gasteiger charge is 2.17. The van der Waals surface area contributed by atoms with E-state index in [4.69, 9.17) is 11.6 Å². The number of nitrogens with one attached hydrogen (secondary N) is 1. The molecule has 0 atom stereocenters. The smallest absolute Gasteiger partial charge is 0.269 e. The van der Waals surface area contributed by atoms with E-state index in [1.807, 2.05) is 0 Å². The lowest BCUT2D eigenvalue weighted by Gasteiger charge is -2.03. The molecule has 0 aliphatic carbocycles. The van der Waals surface area contributed by atoms with Crippen molar-refractivity contribution in [3.8, 4) is 0 Å². The summed E-state index contributed by atoms with van der Waals surface area (Å²) < 4.78 is 24.6. The van der Waals surface area contributed by atoms with Crippen LogP contribution in [0.2, 0.25) is 0 Å². The molecule has 1 rings (SSSR count). The van der Waals surface area contributed by atoms with Crippen LogP contribution in [0.1, 0.15) is 28.0 Å². The van der Waals surface area contributed by atoms with E-state index < -0.39 is 17.5 Å². The molecule has 0 fully saturated rings. The lowest BCUT2D eigenvalue weighted by molar-refractivity contribution is 0.110. The number of rotatable bonds is 3. The first-order valence-electron chi connectivity index (χ1n) is 3.65. The first-order valence-corrected chi connectivity index (χ1v) is 4.19. The number of aromatic amines is 1. The molecule has 1 heterocycles. The van der Waals surface area contributed by atoms with Gasteiger partial charge in [0, 0.05) is 11.3 Å². The van der Waals surface area contributed by atoms with Crippen LogP contribution in [0.3, 0.4) is 0 Å². The Balaban J connectivity index is 3.42. The molecule has 76 valence electrons. The molecule has 0 aromatic carbocycles. The zero-order valence-corrected chi connectivity index (χ0v) is 7.65. The van der Waals surface area contributed by atoms with Gasteiger partial charge in [-0.2, -0.15) is 0 Å². The maximum absolute atomic E-state index is 12.3. The van der Waals surface area contributed by atoms with E-state index in [0.717, 1.165) is 6.07 Å². The van der Waals surface area contributed by atoms with E-state index in [1.165, 1.54) is 0 Å². The topological polar surface area (TPSA) is 49.9 Å². The Labute approximate surface area is 82.7 Å². The molecule has 0 spiro atoms. The molecule has 14 heavy (non-hydrogen) atoms. The lowest BCUT2D eigenvalue weighted by Crippen LogP contribution is -2.17. The van der Waals surface area contributed by atoms with Gasteiger partial charge in [-0.25, -0.2) is 8.78 Å². The van der Waals surface area contributed by atoms with Gasteiger partial charge in [0.25, 0.3) is 12.0 Å². The van der Waals surface area contributed by atoms with Crippen LogP contribution in [0.5, 0.6) is 0 Å². The first kappa shape index (κ1) is 10.8. The Morgan fingerprint density at radius 3 is 2.64 bits per heavy atom. The Morgan fingerprint density at radius 2 is 2.21 bits per heavy atom. The number of carbonyl (C=O) groups is 1. The summed E-state index contributed by atoms with van der Waals surface area (Å²) in [6.07, 6.45) is -2.75. The van der Waals surface area contributed by atoms with Gasteiger partial charge in [0.1, 0.15) is 0 Å². The fraction of sp³-hybridized carbons (Fsp3) is 0.250. The zero-order valence-electron chi connectivity index (χ0n) is 6.89. The fourth-order valence-corrected chi connectivity index (χ4v) is 1.18. The van der Waals surface area contributed by atoms with Gasteiger partial charge < -0.3 is 4.98 Å². The molecule has 0 saturated carbocycles. The minimum atomic E-state index is -2.97. The van der Waals surface area contributed by atoms with Crippen LogP contribution < -0.4 is 5.56 Å². The second-order valence-electron chi connectivity index (χ2n) is 2.54. The Hall–Kier alpha value is -1.23.